The fraction of sp³-hybridized carbons (Fsp3) is 0.235. The molecule has 0 aliphatic rings. The minimum absolute atomic E-state index is 0.0536. The van der Waals surface area contributed by atoms with E-state index in [-0.39, 0.29) is 17.3 Å². The van der Waals surface area contributed by atoms with Crippen molar-refractivity contribution < 1.29 is 14.8 Å². The van der Waals surface area contributed by atoms with Gasteiger partial charge in [-0.1, -0.05) is 6.07 Å². The molecule has 0 fully saturated rings. The van der Waals surface area contributed by atoms with Crippen LogP contribution >= 0.6 is 0 Å². The SMILES string of the molecule is Cc1cc(NCCCNC(=O)c2cccc(O)c2)ccc1[N+](=O)[O-]. The summed E-state index contributed by atoms with van der Waals surface area (Å²) < 4.78 is 0. The van der Waals surface area contributed by atoms with Gasteiger partial charge in [0.25, 0.3) is 11.6 Å². The lowest BCUT2D eigenvalue weighted by molar-refractivity contribution is -0.385. The number of carbonyl (C=O) groups is 1. The monoisotopic (exact) mass is 329 g/mol. The molecule has 0 saturated heterocycles. The number of hydrogen-bond donors (Lipinski definition) is 3. The summed E-state index contributed by atoms with van der Waals surface area (Å²) in [6.07, 6.45) is 0.695. The topological polar surface area (TPSA) is 104 Å². The lowest BCUT2D eigenvalue weighted by Crippen LogP contribution is -2.25. The molecule has 24 heavy (non-hydrogen) atoms. The predicted molar refractivity (Wildman–Crippen MR) is 91.4 cm³/mol. The van der Waals surface area contributed by atoms with Crippen LogP contribution in [0.3, 0.4) is 0 Å². The molecule has 2 aromatic carbocycles. The molecule has 0 aliphatic heterocycles. The van der Waals surface area contributed by atoms with E-state index in [2.05, 4.69) is 10.6 Å². The molecule has 0 heterocycles. The molecule has 0 aromatic heterocycles. The Bertz CT molecular complexity index is 746. The highest BCUT2D eigenvalue weighted by molar-refractivity contribution is 5.94. The maximum absolute atomic E-state index is 11.9. The number of nitro benzene ring substituents is 1. The Morgan fingerprint density at radius 2 is 2.00 bits per heavy atom. The lowest BCUT2D eigenvalue weighted by Gasteiger charge is -2.09. The van der Waals surface area contributed by atoms with Crippen molar-refractivity contribution in [1.82, 2.24) is 5.32 Å². The molecule has 0 aliphatic carbocycles. The molecular weight excluding hydrogens is 310 g/mol. The number of nitrogens with zero attached hydrogens (tertiary/aromatic N) is 1. The largest absolute Gasteiger partial charge is 0.508 e. The molecule has 0 saturated carbocycles. The first kappa shape index (κ1) is 17.3. The molecule has 2 aromatic rings. The number of phenols is 1. The van der Waals surface area contributed by atoms with E-state index in [0.29, 0.717) is 30.6 Å². The van der Waals surface area contributed by atoms with Crippen molar-refractivity contribution in [1.29, 1.82) is 0 Å². The smallest absolute Gasteiger partial charge is 0.272 e. The number of carbonyl (C=O) groups excluding carboxylic acids is 1. The van der Waals surface area contributed by atoms with Gasteiger partial charge >= 0.3 is 0 Å². The molecule has 126 valence electrons. The summed E-state index contributed by atoms with van der Waals surface area (Å²) >= 11 is 0. The number of anilines is 1. The second kappa shape index (κ2) is 7.96. The number of aryl methyl sites for hydroxylation is 1. The minimum atomic E-state index is -0.407. The molecule has 3 N–H and O–H groups in total. The number of rotatable bonds is 7. The number of benzene rings is 2. The second-order valence-electron chi connectivity index (χ2n) is 5.34. The van der Waals surface area contributed by atoms with Crippen LogP contribution in [0.5, 0.6) is 5.75 Å². The minimum Gasteiger partial charge on any atom is -0.508 e. The van der Waals surface area contributed by atoms with Gasteiger partial charge in [0.05, 0.1) is 4.92 Å². The number of aromatic hydroxyl groups is 1. The van der Waals surface area contributed by atoms with Crippen molar-refractivity contribution in [3.8, 4) is 5.75 Å². The van der Waals surface area contributed by atoms with Gasteiger partial charge in [-0.3, -0.25) is 14.9 Å². The average molecular weight is 329 g/mol. The number of nitro groups is 1. The Balaban J connectivity index is 1.74. The Kier molecular flexibility index (Phi) is 5.73. The third kappa shape index (κ3) is 4.70. The third-order valence-electron chi connectivity index (χ3n) is 3.47. The number of hydrogen-bond acceptors (Lipinski definition) is 5. The van der Waals surface area contributed by atoms with Crippen LogP contribution in [0, 0.1) is 17.0 Å². The van der Waals surface area contributed by atoms with Crippen LogP contribution in [0.1, 0.15) is 22.3 Å². The van der Waals surface area contributed by atoms with Gasteiger partial charge in [0.15, 0.2) is 0 Å². The van der Waals surface area contributed by atoms with Crippen molar-refractivity contribution in [2.75, 3.05) is 18.4 Å². The van der Waals surface area contributed by atoms with E-state index in [1.165, 1.54) is 18.2 Å². The van der Waals surface area contributed by atoms with E-state index >= 15 is 0 Å². The number of phenolic OH excluding ortho intramolecular Hbond substituents is 1. The fourth-order valence-corrected chi connectivity index (χ4v) is 2.24. The molecular formula is C17H19N3O4. The summed E-state index contributed by atoms with van der Waals surface area (Å²) in [6, 6.07) is 11.0. The Morgan fingerprint density at radius 3 is 2.67 bits per heavy atom. The van der Waals surface area contributed by atoms with Crippen molar-refractivity contribution in [3.05, 3.63) is 63.7 Å². The van der Waals surface area contributed by atoms with Crippen molar-refractivity contribution >= 4 is 17.3 Å². The van der Waals surface area contributed by atoms with Crippen LogP contribution < -0.4 is 10.6 Å². The third-order valence-corrected chi connectivity index (χ3v) is 3.47. The molecule has 0 bridgehead atoms. The lowest BCUT2D eigenvalue weighted by atomic mass is 10.2. The Morgan fingerprint density at radius 1 is 1.21 bits per heavy atom. The zero-order valence-electron chi connectivity index (χ0n) is 13.3. The van der Waals surface area contributed by atoms with Crippen LogP contribution in [0.4, 0.5) is 11.4 Å². The van der Waals surface area contributed by atoms with Crippen LogP contribution in [0.15, 0.2) is 42.5 Å². The highest BCUT2D eigenvalue weighted by Gasteiger charge is 2.10. The average Bonchev–Trinajstić information content (AvgIpc) is 2.54. The normalized spacial score (nSPS) is 10.2. The molecule has 7 heteroatoms. The first-order chi connectivity index (χ1) is 11.5. The number of amides is 1. The molecule has 2 rings (SSSR count). The Hall–Kier alpha value is -3.09. The quantitative estimate of drug-likeness (QED) is 0.411. The maximum Gasteiger partial charge on any atom is 0.272 e. The molecule has 0 spiro atoms. The molecule has 0 radical (unpaired) electrons. The van der Waals surface area contributed by atoms with Crippen LogP contribution in [0.25, 0.3) is 0 Å². The second-order valence-corrected chi connectivity index (χ2v) is 5.34. The van der Waals surface area contributed by atoms with Gasteiger partial charge in [-0.05, 0) is 43.7 Å². The van der Waals surface area contributed by atoms with Gasteiger partial charge < -0.3 is 15.7 Å². The highest BCUT2D eigenvalue weighted by Crippen LogP contribution is 2.21. The van der Waals surface area contributed by atoms with E-state index < -0.39 is 4.92 Å². The summed E-state index contributed by atoms with van der Waals surface area (Å²) in [5.41, 5.74) is 1.91. The zero-order valence-corrected chi connectivity index (χ0v) is 13.3. The summed E-state index contributed by atoms with van der Waals surface area (Å²) in [7, 11) is 0. The van der Waals surface area contributed by atoms with E-state index in [0.717, 1.165) is 5.69 Å². The van der Waals surface area contributed by atoms with Crippen LogP contribution in [-0.4, -0.2) is 29.0 Å². The van der Waals surface area contributed by atoms with E-state index in [1.54, 1.807) is 31.2 Å². The van der Waals surface area contributed by atoms with Gasteiger partial charge in [0.1, 0.15) is 5.75 Å². The Labute approximate surface area is 139 Å². The summed E-state index contributed by atoms with van der Waals surface area (Å²) in [4.78, 5) is 22.2. The van der Waals surface area contributed by atoms with Crippen molar-refractivity contribution in [2.24, 2.45) is 0 Å². The fourth-order valence-electron chi connectivity index (χ4n) is 2.24. The van der Waals surface area contributed by atoms with Gasteiger partial charge in [-0.25, -0.2) is 0 Å². The zero-order chi connectivity index (χ0) is 17.5. The molecule has 0 unspecified atom stereocenters. The van der Waals surface area contributed by atoms with E-state index in [4.69, 9.17) is 0 Å². The van der Waals surface area contributed by atoms with E-state index in [9.17, 15) is 20.0 Å². The van der Waals surface area contributed by atoms with Crippen LogP contribution in [-0.2, 0) is 0 Å². The van der Waals surface area contributed by atoms with Gasteiger partial charge in [-0.15, -0.1) is 0 Å². The molecule has 1 amide bonds. The van der Waals surface area contributed by atoms with Gasteiger partial charge in [-0.2, -0.15) is 0 Å². The number of nitrogens with one attached hydrogen (secondary N) is 2. The first-order valence-corrected chi connectivity index (χ1v) is 7.53. The predicted octanol–water partition coefficient (Wildman–Crippen LogP) is 2.84. The summed E-state index contributed by atoms with van der Waals surface area (Å²) in [5, 5.41) is 26.0. The summed E-state index contributed by atoms with van der Waals surface area (Å²) in [5.74, 6) is -0.185. The van der Waals surface area contributed by atoms with Crippen LogP contribution in [0.2, 0.25) is 0 Å². The standard InChI is InChI=1S/C17H19N3O4/c1-12-10-14(6-7-16(12)20(23)24)18-8-3-9-19-17(22)13-4-2-5-15(21)11-13/h2,4-7,10-11,18,21H,3,8-9H2,1H3,(H,19,22). The first-order valence-electron chi connectivity index (χ1n) is 7.53. The van der Waals surface area contributed by atoms with Crippen molar-refractivity contribution in [2.45, 2.75) is 13.3 Å². The highest BCUT2D eigenvalue weighted by atomic mass is 16.6. The van der Waals surface area contributed by atoms with E-state index in [1.807, 2.05) is 0 Å². The maximum atomic E-state index is 11.9. The van der Waals surface area contributed by atoms with Gasteiger partial charge in [0, 0.05) is 36.0 Å². The van der Waals surface area contributed by atoms with Gasteiger partial charge in [0.2, 0.25) is 0 Å². The molecule has 7 nitrogen and oxygen atoms in total. The molecule has 0 atom stereocenters. The van der Waals surface area contributed by atoms with Crippen molar-refractivity contribution in [3.63, 3.8) is 0 Å². The summed E-state index contributed by atoms with van der Waals surface area (Å²) in [6.45, 7) is 2.80.